The van der Waals surface area contributed by atoms with Crippen molar-refractivity contribution in [2.75, 3.05) is 13.7 Å². The number of hydrogen-bond acceptors (Lipinski definition) is 5. The van der Waals surface area contributed by atoms with E-state index in [0.29, 0.717) is 35.5 Å². The molecule has 2 rings (SSSR count). The van der Waals surface area contributed by atoms with Gasteiger partial charge in [-0.2, -0.15) is 0 Å². The lowest BCUT2D eigenvalue weighted by molar-refractivity contribution is 0.243. The minimum absolute atomic E-state index is 0.0178. The van der Waals surface area contributed by atoms with Crippen LogP contribution in [0.1, 0.15) is 33.6 Å². The first-order valence-corrected chi connectivity index (χ1v) is 8.16. The third-order valence-electron chi connectivity index (χ3n) is 3.31. The van der Waals surface area contributed by atoms with E-state index in [9.17, 15) is 4.79 Å². The molecule has 0 aliphatic rings. The van der Waals surface area contributed by atoms with Gasteiger partial charge in [-0.3, -0.25) is 0 Å². The first-order chi connectivity index (χ1) is 11.6. The van der Waals surface area contributed by atoms with E-state index in [1.807, 2.05) is 26.0 Å². The molecule has 0 saturated carbocycles. The third kappa shape index (κ3) is 4.10. The Labute approximate surface area is 141 Å². The zero-order valence-corrected chi connectivity index (χ0v) is 14.6. The van der Waals surface area contributed by atoms with Crippen molar-refractivity contribution in [2.24, 2.45) is 0 Å². The summed E-state index contributed by atoms with van der Waals surface area (Å²) in [5.74, 6) is 1.02. The Morgan fingerprint density at radius 3 is 2.67 bits per heavy atom. The fourth-order valence-corrected chi connectivity index (χ4v) is 2.36. The minimum atomic E-state index is -0.555. The fourth-order valence-electron chi connectivity index (χ4n) is 2.36. The minimum Gasteiger partial charge on any atom is -0.492 e. The normalized spacial score (nSPS) is 11.4. The van der Waals surface area contributed by atoms with Gasteiger partial charge in [-0.05, 0) is 38.8 Å². The standard InChI is InChI=1S/C19H24O5/c1-5-6-7-8-12-22-18-17(21-4)16-14(23-13(2)3)10-9-11-15(16)24-19(18)20/h6-7,9-11,13H,5,8,12H2,1-4H3/b7-6+. The predicted molar refractivity (Wildman–Crippen MR) is 94.3 cm³/mol. The van der Waals surface area contributed by atoms with Gasteiger partial charge in [0, 0.05) is 0 Å². The molecule has 0 spiro atoms. The molecule has 0 amide bonds. The lowest BCUT2D eigenvalue weighted by Crippen LogP contribution is -2.11. The number of methoxy groups -OCH3 is 1. The van der Waals surface area contributed by atoms with E-state index in [4.69, 9.17) is 18.6 Å². The Morgan fingerprint density at radius 2 is 2.00 bits per heavy atom. The van der Waals surface area contributed by atoms with Crippen molar-refractivity contribution in [1.29, 1.82) is 0 Å². The largest absolute Gasteiger partial charge is 0.492 e. The molecule has 24 heavy (non-hydrogen) atoms. The van der Waals surface area contributed by atoms with Crippen molar-refractivity contribution in [3.05, 3.63) is 40.8 Å². The van der Waals surface area contributed by atoms with Crippen LogP contribution >= 0.6 is 0 Å². The summed E-state index contributed by atoms with van der Waals surface area (Å²) in [4.78, 5) is 12.2. The highest BCUT2D eigenvalue weighted by molar-refractivity contribution is 5.91. The van der Waals surface area contributed by atoms with Crippen LogP contribution in [0.4, 0.5) is 0 Å². The highest BCUT2D eigenvalue weighted by atomic mass is 16.5. The van der Waals surface area contributed by atoms with E-state index in [1.165, 1.54) is 7.11 Å². The van der Waals surface area contributed by atoms with Gasteiger partial charge >= 0.3 is 5.63 Å². The van der Waals surface area contributed by atoms with Crippen LogP contribution in [0.15, 0.2) is 39.6 Å². The average molecular weight is 332 g/mol. The van der Waals surface area contributed by atoms with E-state index in [0.717, 1.165) is 6.42 Å². The van der Waals surface area contributed by atoms with Crippen molar-refractivity contribution >= 4 is 11.0 Å². The summed E-state index contributed by atoms with van der Waals surface area (Å²) in [6.07, 6.45) is 5.73. The Hall–Kier alpha value is -2.43. The molecule has 5 nitrogen and oxygen atoms in total. The van der Waals surface area contributed by atoms with E-state index in [-0.39, 0.29) is 11.9 Å². The maximum atomic E-state index is 12.2. The van der Waals surface area contributed by atoms with Crippen molar-refractivity contribution in [2.45, 2.75) is 39.7 Å². The molecule has 0 saturated heterocycles. The topological polar surface area (TPSA) is 57.9 Å². The summed E-state index contributed by atoms with van der Waals surface area (Å²) < 4.78 is 22.3. The molecule has 1 aromatic heterocycles. The summed E-state index contributed by atoms with van der Waals surface area (Å²) in [6, 6.07) is 5.30. The highest BCUT2D eigenvalue weighted by Gasteiger charge is 2.20. The summed E-state index contributed by atoms with van der Waals surface area (Å²) in [6.45, 7) is 6.30. The van der Waals surface area contributed by atoms with Gasteiger partial charge in [0.2, 0.25) is 5.75 Å². The van der Waals surface area contributed by atoms with Crippen LogP contribution in [0, 0.1) is 0 Å². The second-order valence-electron chi connectivity index (χ2n) is 5.56. The molecular weight excluding hydrogens is 308 g/mol. The second-order valence-corrected chi connectivity index (χ2v) is 5.56. The van der Waals surface area contributed by atoms with Crippen LogP contribution < -0.4 is 19.8 Å². The summed E-state index contributed by atoms with van der Waals surface area (Å²) in [5.41, 5.74) is -0.145. The molecule has 0 aliphatic carbocycles. The fraction of sp³-hybridized carbons (Fsp3) is 0.421. The monoisotopic (exact) mass is 332 g/mol. The molecule has 1 aromatic carbocycles. The predicted octanol–water partition coefficient (Wildman–Crippen LogP) is 4.32. The Kier molecular flexibility index (Phi) is 6.29. The molecule has 0 aliphatic heterocycles. The maximum absolute atomic E-state index is 12.2. The van der Waals surface area contributed by atoms with Gasteiger partial charge in [0.1, 0.15) is 16.7 Å². The summed E-state index contributed by atoms with van der Waals surface area (Å²) in [5, 5.41) is 0.604. The molecule has 0 atom stereocenters. The number of hydrogen-bond donors (Lipinski definition) is 0. The zero-order valence-electron chi connectivity index (χ0n) is 14.6. The van der Waals surface area contributed by atoms with Gasteiger partial charge in [-0.15, -0.1) is 0 Å². The van der Waals surface area contributed by atoms with Gasteiger partial charge in [-0.25, -0.2) is 4.79 Å². The molecule has 0 bridgehead atoms. The average Bonchev–Trinajstić information content (AvgIpc) is 2.54. The summed E-state index contributed by atoms with van der Waals surface area (Å²) in [7, 11) is 1.50. The third-order valence-corrected chi connectivity index (χ3v) is 3.31. The van der Waals surface area contributed by atoms with Crippen molar-refractivity contribution in [1.82, 2.24) is 0 Å². The van der Waals surface area contributed by atoms with E-state index < -0.39 is 5.63 Å². The number of rotatable bonds is 8. The van der Waals surface area contributed by atoms with Crippen LogP contribution in [-0.2, 0) is 0 Å². The maximum Gasteiger partial charge on any atom is 0.383 e. The molecule has 5 heteroatoms. The molecule has 2 aromatic rings. The highest BCUT2D eigenvalue weighted by Crippen LogP contribution is 2.38. The summed E-state index contributed by atoms with van der Waals surface area (Å²) >= 11 is 0. The lowest BCUT2D eigenvalue weighted by atomic mass is 10.2. The zero-order chi connectivity index (χ0) is 17.5. The molecule has 0 unspecified atom stereocenters. The van der Waals surface area contributed by atoms with Crippen LogP contribution in [0.2, 0.25) is 0 Å². The quantitative estimate of drug-likeness (QED) is 0.409. The van der Waals surface area contributed by atoms with Gasteiger partial charge in [0.15, 0.2) is 5.75 Å². The molecule has 0 N–H and O–H groups in total. The second kappa shape index (κ2) is 8.43. The van der Waals surface area contributed by atoms with E-state index in [2.05, 4.69) is 13.0 Å². The molecule has 1 heterocycles. The number of allylic oxidation sites excluding steroid dienone is 1. The molecule has 130 valence electrons. The van der Waals surface area contributed by atoms with Crippen LogP contribution in [-0.4, -0.2) is 19.8 Å². The van der Waals surface area contributed by atoms with Gasteiger partial charge < -0.3 is 18.6 Å². The molecule has 0 fully saturated rings. The number of benzene rings is 1. The SMILES string of the molecule is CC/C=C/CCOc1c(OC)c2c(OC(C)C)cccc2oc1=O. The van der Waals surface area contributed by atoms with E-state index in [1.54, 1.807) is 12.1 Å². The first kappa shape index (κ1) is 17.9. The van der Waals surface area contributed by atoms with Gasteiger partial charge in [0.25, 0.3) is 0 Å². The van der Waals surface area contributed by atoms with E-state index >= 15 is 0 Å². The Morgan fingerprint density at radius 1 is 1.21 bits per heavy atom. The number of fused-ring (bicyclic) bond motifs is 1. The number of ether oxygens (including phenoxy) is 3. The van der Waals surface area contributed by atoms with Crippen molar-refractivity contribution < 1.29 is 18.6 Å². The van der Waals surface area contributed by atoms with Crippen LogP contribution in [0.3, 0.4) is 0 Å². The first-order valence-electron chi connectivity index (χ1n) is 8.16. The Bertz CT molecular complexity index is 758. The van der Waals surface area contributed by atoms with Gasteiger partial charge in [-0.1, -0.05) is 25.1 Å². The molecule has 0 radical (unpaired) electrons. The smallest absolute Gasteiger partial charge is 0.383 e. The molecular formula is C19H24O5. The van der Waals surface area contributed by atoms with Gasteiger partial charge in [0.05, 0.1) is 19.8 Å². The van der Waals surface area contributed by atoms with Crippen LogP contribution in [0.5, 0.6) is 17.2 Å². The lowest BCUT2D eigenvalue weighted by Gasteiger charge is -2.15. The Balaban J connectivity index is 2.45. The van der Waals surface area contributed by atoms with Crippen molar-refractivity contribution in [3.8, 4) is 17.2 Å². The van der Waals surface area contributed by atoms with Crippen LogP contribution in [0.25, 0.3) is 11.0 Å². The van der Waals surface area contributed by atoms with Crippen molar-refractivity contribution in [3.63, 3.8) is 0 Å².